The van der Waals surface area contributed by atoms with Crippen molar-refractivity contribution < 1.29 is 10.2 Å². The molecular formula is C4H10NNaO2S2. The fourth-order valence-corrected chi connectivity index (χ4v) is 0. The number of rotatable bonds is 0. The first-order valence-electron chi connectivity index (χ1n) is 2.04. The minimum absolute atomic E-state index is 0. The van der Waals surface area contributed by atoms with Crippen LogP contribution in [-0.2, 0) is 0 Å². The summed E-state index contributed by atoms with van der Waals surface area (Å²) in [4.78, 5) is 1.45. The molecule has 0 saturated heterocycles. The minimum atomic E-state index is -0.0741. The van der Waals surface area contributed by atoms with E-state index in [1.54, 1.807) is 14.1 Å². The first-order chi connectivity index (χ1) is 4.06. The van der Waals surface area contributed by atoms with Crippen LogP contribution in [0.25, 0.3) is 0 Å². The molecule has 0 aliphatic carbocycles. The van der Waals surface area contributed by atoms with Crippen LogP contribution in [0.5, 0.6) is 0 Å². The van der Waals surface area contributed by atoms with Crippen LogP contribution in [0, 0.1) is 0 Å². The average Bonchev–Trinajstić information content (AvgIpc) is 1.68. The molecule has 0 aliphatic heterocycles. The Morgan fingerprint density at radius 3 is 1.60 bits per heavy atom. The maximum atomic E-state index is 8.29. The van der Waals surface area contributed by atoms with Crippen molar-refractivity contribution in [3.05, 3.63) is 0 Å². The Bertz CT molecular complexity index is 99.3. The summed E-state index contributed by atoms with van der Waals surface area (Å²) in [5, 5.41) is 15.5. The van der Waals surface area contributed by atoms with Gasteiger partial charge < -0.3 is 15.1 Å². The molecule has 0 aromatic carbocycles. The molecule has 3 nitrogen and oxygen atoms in total. The third kappa shape index (κ3) is 23.5. The Morgan fingerprint density at radius 2 is 1.60 bits per heavy atom. The molecule has 10 heavy (non-hydrogen) atoms. The van der Waals surface area contributed by atoms with E-state index in [0.29, 0.717) is 5.55 Å². The number of hydrogen-bond donors (Lipinski definition) is 2. The molecule has 0 heterocycles. The van der Waals surface area contributed by atoms with Gasteiger partial charge in [-0.1, -0.05) is 0 Å². The molecule has 0 fully saturated rings. The van der Waals surface area contributed by atoms with Crippen molar-refractivity contribution in [2.24, 2.45) is 0 Å². The molecule has 0 spiro atoms. The molecule has 0 unspecified atom stereocenters. The van der Waals surface area contributed by atoms with Crippen LogP contribution in [0.4, 0.5) is 0 Å². The standard InChI is InChI=1S/C3H7NOS.CH2OS.Na.H/c1-4(2)3(5)6;2-1-3;;/h1-2H3,(H,5,6);1H,(H,2,3);;. The predicted octanol–water partition coefficient (Wildman–Crippen LogP) is 0.244. The van der Waals surface area contributed by atoms with Crippen molar-refractivity contribution in [2.75, 3.05) is 14.1 Å². The topological polar surface area (TPSA) is 43.7 Å². The molecule has 0 amide bonds. The summed E-state index contributed by atoms with van der Waals surface area (Å²) < 4.78 is 0. The summed E-state index contributed by atoms with van der Waals surface area (Å²) >= 11 is 8.12. The van der Waals surface area contributed by atoms with E-state index < -0.39 is 0 Å². The van der Waals surface area contributed by atoms with Gasteiger partial charge in [0, 0.05) is 14.1 Å². The molecule has 2 N–H and O–H groups in total. The van der Waals surface area contributed by atoms with Crippen LogP contribution in [0.3, 0.4) is 0 Å². The first kappa shape index (κ1) is 16.9. The van der Waals surface area contributed by atoms with E-state index in [4.69, 9.17) is 10.2 Å². The Labute approximate surface area is 93.3 Å². The van der Waals surface area contributed by atoms with Crippen molar-refractivity contribution in [2.45, 2.75) is 0 Å². The van der Waals surface area contributed by atoms with E-state index in [1.807, 2.05) is 0 Å². The summed E-state index contributed by atoms with van der Waals surface area (Å²) in [6.45, 7) is 0. The molecule has 0 bridgehead atoms. The Hall–Kier alpha value is 0.580. The third-order valence-electron chi connectivity index (χ3n) is 0.383. The van der Waals surface area contributed by atoms with Crippen molar-refractivity contribution in [1.29, 1.82) is 0 Å². The first-order valence-corrected chi connectivity index (χ1v) is 2.92. The van der Waals surface area contributed by atoms with E-state index in [2.05, 4.69) is 24.4 Å². The van der Waals surface area contributed by atoms with Gasteiger partial charge in [-0.15, -0.1) is 0 Å². The van der Waals surface area contributed by atoms with Crippen LogP contribution in [0.1, 0.15) is 0 Å². The average molecular weight is 191 g/mol. The molecule has 0 aliphatic rings. The summed E-state index contributed by atoms with van der Waals surface area (Å²) in [6.07, 6.45) is 0. The van der Waals surface area contributed by atoms with Crippen LogP contribution < -0.4 is 0 Å². The number of aliphatic hydroxyl groups is 2. The van der Waals surface area contributed by atoms with Gasteiger partial charge >= 0.3 is 29.6 Å². The molecule has 0 saturated carbocycles. The van der Waals surface area contributed by atoms with Crippen LogP contribution in [-0.4, -0.2) is 69.5 Å². The van der Waals surface area contributed by atoms with Crippen LogP contribution in [0.15, 0.2) is 0 Å². The van der Waals surface area contributed by atoms with Crippen molar-refractivity contribution in [1.82, 2.24) is 4.90 Å². The van der Waals surface area contributed by atoms with E-state index >= 15 is 0 Å². The van der Waals surface area contributed by atoms with Gasteiger partial charge in [-0.2, -0.15) is 0 Å². The molecule has 0 aromatic heterocycles. The second kappa shape index (κ2) is 12.3. The van der Waals surface area contributed by atoms with Gasteiger partial charge in [0.2, 0.25) is 0 Å². The van der Waals surface area contributed by atoms with Crippen LogP contribution in [0.2, 0.25) is 0 Å². The molecule has 6 heteroatoms. The van der Waals surface area contributed by atoms with Gasteiger partial charge in [-0.3, -0.25) is 0 Å². The van der Waals surface area contributed by atoms with Crippen molar-refractivity contribution in [3.63, 3.8) is 0 Å². The fourth-order valence-electron chi connectivity index (χ4n) is 0. The Balaban J connectivity index is -0.000000107. The van der Waals surface area contributed by atoms with Gasteiger partial charge in [-0.25, -0.2) is 0 Å². The number of hydrogen-bond acceptors (Lipinski definition) is 2. The third-order valence-corrected chi connectivity index (χ3v) is 0.748. The van der Waals surface area contributed by atoms with Gasteiger partial charge in [-0.05, 0) is 24.4 Å². The number of thiocarbonyl (C=S) groups is 2. The normalized spacial score (nSPS) is 5.80. The van der Waals surface area contributed by atoms with E-state index in [9.17, 15) is 0 Å². The molecule has 56 valence electrons. The van der Waals surface area contributed by atoms with Crippen molar-refractivity contribution in [3.8, 4) is 0 Å². The summed E-state index contributed by atoms with van der Waals surface area (Å²) in [5.74, 6) is 0. The fraction of sp³-hybridized carbons (Fsp3) is 0.500. The monoisotopic (exact) mass is 191 g/mol. The predicted molar refractivity (Wildman–Crippen MR) is 52.3 cm³/mol. The zero-order valence-corrected chi connectivity index (χ0v) is 6.87. The van der Waals surface area contributed by atoms with Gasteiger partial charge in [0.25, 0.3) is 5.17 Å². The molecule has 0 atom stereocenters. The molecule has 0 rings (SSSR count). The van der Waals surface area contributed by atoms with Gasteiger partial charge in [0.1, 0.15) is 5.55 Å². The zero-order valence-electron chi connectivity index (χ0n) is 5.24. The SMILES string of the molecule is CN(C)C(O)=S.OC=S.[NaH]. The Kier molecular flexibility index (Phi) is 20.7. The van der Waals surface area contributed by atoms with Crippen LogP contribution >= 0.6 is 24.4 Å². The molecular weight excluding hydrogens is 181 g/mol. The zero-order chi connectivity index (χ0) is 7.86. The summed E-state index contributed by atoms with van der Waals surface area (Å²) in [6, 6.07) is 0. The molecule has 0 aromatic rings. The summed E-state index contributed by atoms with van der Waals surface area (Å²) in [7, 11) is 3.37. The summed E-state index contributed by atoms with van der Waals surface area (Å²) in [5.41, 5.74) is 0.583. The Morgan fingerprint density at radius 1 is 1.50 bits per heavy atom. The second-order valence-electron chi connectivity index (χ2n) is 1.28. The van der Waals surface area contributed by atoms with E-state index in [-0.39, 0.29) is 34.7 Å². The van der Waals surface area contributed by atoms with Gasteiger partial charge in [0.15, 0.2) is 0 Å². The quantitative estimate of drug-likeness (QED) is 0.424. The van der Waals surface area contributed by atoms with Gasteiger partial charge in [0.05, 0.1) is 0 Å². The van der Waals surface area contributed by atoms with E-state index in [1.165, 1.54) is 4.90 Å². The number of nitrogens with zero attached hydrogens (tertiary/aromatic N) is 1. The van der Waals surface area contributed by atoms with E-state index in [0.717, 1.165) is 0 Å². The molecule has 0 radical (unpaired) electrons. The maximum absolute atomic E-state index is 8.29. The van der Waals surface area contributed by atoms with Crippen molar-refractivity contribution >= 4 is 64.7 Å². The second-order valence-corrected chi connectivity index (χ2v) is 1.86. The number of aliphatic hydroxyl groups excluding tert-OH is 2.